The molecule has 0 saturated carbocycles. The van der Waals surface area contributed by atoms with Crippen LogP contribution >= 0.6 is 0 Å². The number of unbranched alkanes of at least 4 members (excludes halogenated alkanes) is 1. The van der Waals surface area contributed by atoms with Crippen LogP contribution in [0, 0.1) is 0 Å². The summed E-state index contributed by atoms with van der Waals surface area (Å²) in [5.74, 6) is 0.187. The number of anilines is 1. The second-order valence-electron chi connectivity index (χ2n) is 4.59. The summed E-state index contributed by atoms with van der Waals surface area (Å²) in [7, 11) is 1.85. The Kier molecular flexibility index (Phi) is 3.98. The van der Waals surface area contributed by atoms with Crippen molar-refractivity contribution >= 4 is 22.4 Å². The molecule has 0 bridgehead atoms. The predicted octanol–water partition coefficient (Wildman–Crippen LogP) is 3.99. The van der Waals surface area contributed by atoms with E-state index < -0.39 is 0 Å². The molecule has 0 atom stereocenters. The Hall–Kier alpha value is -1.83. The van der Waals surface area contributed by atoms with Crippen LogP contribution in [0.1, 0.15) is 26.2 Å². The molecule has 0 heterocycles. The summed E-state index contributed by atoms with van der Waals surface area (Å²) in [5, 5.41) is 2.38. The van der Waals surface area contributed by atoms with Crippen molar-refractivity contribution < 1.29 is 4.79 Å². The van der Waals surface area contributed by atoms with Gasteiger partial charge in [0, 0.05) is 19.2 Å². The van der Waals surface area contributed by atoms with E-state index in [2.05, 4.69) is 31.2 Å². The maximum absolute atomic E-state index is 12.0. The van der Waals surface area contributed by atoms with Gasteiger partial charge in [-0.05, 0) is 29.3 Å². The highest BCUT2D eigenvalue weighted by Gasteiger charge is 2.10. The zero-order valence-corrected chi connectivity index (χ0v) is 11.0. The first-order valence-corrected chi connectivity index (χ1v) is 6.47. The summed E-state index contributed by atoms with van der Waals surface area (Å²) in [4.78, 5) is 13.7. The maximum atomic E-state index is 12.0. The first kappa shape index (κ1) is 12.6. The van der Waals surface area contributed by atoms with E-state index in [1.165, 1.54) is 10.8 Å². The van der Waals surface area contributed by atoms with Gasteiger partial charge in [0.15, 0.2) is 0 Å². The van der Waals surface area contributed by atoms with Gasteiger partial charge in [-0.25, -0.2) is 0 Å². The molecule has 18 heavy (non-hydrogen) atoms. The topological polar surface area (TPSA) is 20.3 Å². The summed E-state index contributed by atoms with van der Waals surface area (Å²) >= 11 is 0. The molecular formula is C16H19NO. The lowest BCUT2D eigenvalue weighted by Crippen LogP contribution is -2.25. The molecule has 0 aromatic heterocycles. The van der Waals surface area contributed by atoms with Crippen molar-refractivity contribution in [3.8, 4) is 0 Å². The first-order valence-electron chi connectivity index (χ1n) is 6.47. The minimum Gasteiger partial charge on any atom is -0.315 e. The lowest BCUT2D eigenvalue weighted by molar-refractivity contribution is -0.118. The molecule has 0 spiro atoms. The number of fused-ring (bicyclic) bond motifs is 1. The van der Waals surface area contributed by atoms with Gasteiger partial charge in [0.25, 0.3) is 0 Å². The van der Waals surface area contributed by atoms with E-state index in [0.717, 1.165) is 18.5 Å². The molecule has 2 aromatic carbocycles. The van der Waals surface area contributed by atoms with Crippen LogP contribution in [-0.2, 0) is 4.79 Å². The molecule has 0 fully saturated rings. The van der Waals surface area contributed by atoms with E-state index in [4.69, 9.17) is 0 Å². The highest BCUT2D eigenvalue weighted by atomic mass is 16.2. The molecule has 0 saturated heterocycles. The Labute approximate surface area is 108 Å². The van der Waals surface area contributed by atoms with Crippen LogP contribution in [0.25, 0.3) is 10.8 Å². The normalized spacial score (nSPS) is 10.6. The van der Waals surface area contributed by atoms with Gasteiger partial charge in [-0.1, -0.05) is 43.7 Å². The standard InChI is InChI=1S/C16H19NO/c1-3-4-9-16(18)17(2)15-11-10-13-7-5-6-8-14(13)12-15/h5-8,10-12H,3-4,9H2,1-2H3. The third-order valence-corrected chi connectivity index (χ3v) is 3.24. The first-order chi connectivity index (χ1) is 8.72. The second kappa shape index (κ2) is 5.67. The Morgan fingerprint density at radius 2 is 1.83 bits per heavy atom. The number of carbonyl (C=O) groups excluding carboxylic acids is 1. The van der Waals surface area contributed by atoms with Crippen LogP contribution < -0.4 is 4.90 Å². The highest BCUT2D eigenvalue weighted by molar-refractivity contribution is 5.95. The lowest BCUT2D eigenvalue weighted by Gasteiger charge is -2.17. The van der Waals surface area contributed by atoms with E-state index >= 15 is 0 Å². The van der Waals surface area contributed by atoms with Gasteiger partial charge in [-0.15, -0.1) is 0 Å². The number of hydrogen-bond acceptors (Lipinski definition) is 1. The number of nitrogens with zero attached hydrogens (tertiary/aromatic N) is 1. The minimum atomic E-state index is 0.187. The van der Waals surface area contributed by atoms with Crippen molar-refractivity contribution in [2.45, 2.75) is 26.2 Å². The fourth-order valence-corrected chi connectivity index (χ4v) is 2.03. The molecule has 2 rings (SSSR count). The Morgan fingerprint density at radius 3 is 2.56 bits per heavy atom. The Bertz CT molecular complexity index is 548. The summed E-state index contributed by atoms with van der Waals surface area (Å²) in [6, 6.07) is 14.3. The minimum absolute atomic E-state index is 0.187. The number of hydrogen-bond donors (Lipinski definition) is 0. The van der Waals surface area contributed by atoms with E-state index in [-0.39, 0.29) is 5.91 Å². The van der Waals surface area contributed by atoms with E-state index in [1.54, 1.807) is 4.90 Å². The van der Waals surface area contributed by atoms with Gasteiger partial charge >= 0.3 is 0 Å². The number of rotatable bonds is 4. The average molecular weight is 241 g/mol. The smallest absolute Gasteiger partial charge is 0.226 e. The molecule has 0 radical (unpaired) electrons. The highest BCUT2D eigenvalue weighted by Crippen LogP contribution is 2.21. The van der Waals surface area contributed by atoms with Gasteiger partial charge in [0.2, 0.25) is 5.91 Å². The van der Waals surface area contributed by atoms with Crippen molar-refractivity contribution in [2.24, 2.45) is 0 Å². The molecule has 2 aromatic rings. The van der Waals surface area contributed by atoms with Gasteiger partial charge in [0.1, 0.15) is 0 Å². The van der Waals surface area contributed by atoms with E-state index in [0.29, 0.717) is 6.42 Å². The zero-order valence-electron chi connectivity index (χ0n) is 11.0. The molecule has 0 aliphatic heterocycles. The van der Waals surface area contributed by atoms with Crippen molar-refractivity contribution in [3.63, 3.8) is 0 Å². The maximum Gasteiger partial charge on any atom is 0.226 e. The molecule has 2 heteroatoms. The monoisotopic (exact) mass is 241 g/mol. The third-order valence-electron chi connectivity index (χ3n) is 3.24. The summed E-state index contributed by atoms with van der Waals surface area (Å²) < 4.78 is 0. The van der Waals surface area contributed by atoms with Crippen LogP contribution in [0.4, 0.5) is 5.69 Å². The molecule has 94 valence electrons. The predicted molar refractivity (Wildman–Crippen MR) is 76.9 cm³/mol. The SMILES string of the molecule is CCCCC(=O)N(C)c1ccc2ccccc2c1. The Morgan fingerprint density at radius 1 is 1.11 bits per heavy atom. The van der Waals surface area contributed by atoms with Gasteiger partial charge < -0.3 is 4.90 Å². The third kappa shape index (κ3) is 2.70. The number of benzene rings is 2. The van der Waals surface area contributed by atoms with E-state index in [9.17, 15) is 4.79 Å². The molecule has 0 aliphatic rings. The molecule has 0 unspecified atom stereocenters. The quantitative estimate of drug-likeness (QED) is 0.792. The Balaban J connectivity index is 2.22. The van der Waals surface area contributed by atoms with Crippen molar-refractivity contribution in [1.82, 2.24) is 0 Å². The fraction of sp³-hybridized carbons (Fsp3) is 0.312. The molecular weight excluding hydrogens is 222 g/mol. The van der Waals surface area contributed by atoms with Crippen LogP contribution in [0.2, 0.25) is 0 Å². The van der Waals surface area contributed by atoms with Gasteiger partial charge in [0.05, 0.1) is 0 Å². The fourth-order valence-electron chi connectivity index (χ4n) is 2.03. The zero-order chi connectivity index (χ0) is 13.0. The van der Waals surface area contributed by atoms with Gasteiger partial charge in [-0.3, -0.25) is 4.79 Å². The summed E-state index contributed by atoms with van der Waals surface area (Å²) in [6.07, 6.45) is 2.63. The van der Waals surface area contributed by atoms with Crippen molar-refractivity contribution in [3.05, 3.63) is 42.5 Å². The molecule has 0 aliphatic carbocycles. The number of amides is 1. The second-order valence-corrected chi connectivity index (χ2v) is 4.59. The average Bonchev–Trinajstić information content (AvgIpc) is 2.43. The van der Waals surface area contributed by atoms with Crippen LogP contribution in [-0.4, -0.2) is 13.0 Å². The molecule has 0 N–H and O–H groups in total. The lowest BCUT2D eigenvalue weighted by atomic mass is 10.1. The largest absolute Gasteiger partial charge is 0.315 e. The molecule has 2 nitrogen and oxygen atoms in total. The van der Waals surface area contributed by atoms with Gasteiger partial charge in [-0.2, -0.15) is 0 Å². The summed E-state index contributed by atoms with van der Waals surface area (Å²) in [5.41, 5.74) is 0.967. The van der Waals surface area contributed by atoms with Crippen LogP contribution in [0.15, 0.2) is 42.5 Å². The van der Waals surface area contributed by atoms with Crippen LogP contribution in [0.3, 0.4) is 0 Å². The van der Waals surface area contributed by atoms with Crippen LogP contribution in [0.5, 0.6) is 0 Å². The molecule has 1 amide bonds. The number of carbonyl (C=O) groups is 1. The van der Waals surface area contributed by atoms with Crippen molar-refractivity contribution in [2.75, 3.05) is 11.9 Å². The summed E-state index contributed by atoms with van der Waals surface area (Å²) in [6.45, 7) is 2.10. The van der Waals surface area contributed by atoms with E-state index in [1.807, 2.05) is 25.2 Å². The van der Waals surface area contributed by atoms with Crippen molar-refractivity contribution in [1.29, 1.82) is 0 Å².